The van der Waals surface area contributed by atoms with Crippen LogP contribution in [-0.4, -0.2) is 39.7 Å². The van der Waals surface area contributed by atoms with E-state index in [-0.39, 0.29) is 36.2 Å². The lowest BCUT2D eigenvalue weighted by Gasteiger charge is -2.26. The van der Waals surface area contributed by atoms with Crippen molar-refractivity contribution in [2.45, 2.75) is 43.2 Å². The number of carbonyl (C=O) groups excluding carboxylic acids is 1. The molecule has 146 valence electrons. The van der Waals surface area contributed by atoms with Gasteiger partial charge in [-0.25, -0.2) is 9.07 Å². The molecule has 2 N–H and O–H groups in total. The van der Waals surface area contributed by atoms with Gasteiger partial charge in [0.25, 0.3) is 5.91 Å². The van der Waals surface area contributed by atoms with Crippen LogP contribution in [0, 0.1) is 12.7 Å². The Morgan fingerprint density at radius 1 is 1.33 bits per heavy atom. The average molecular weight is 412 g/mol. The highest BCUT2D eigenvalue weighted by atomic mass is 35.5. The molecule has 1 atom stereocenters. The smallest absolute Gasteiger partial charge is 0.274 e. The van der Waals surface area contributed by atoms with Crippen LogP contribution < -0.4 is 10.6 Å². The third-order valence-corrected chi connectivity index (χ3v) is 6.29. The van der Waals surface area contributed by atoms with E-state index in [1.54, 1.807) is 6.07 Å². The minimum atomic E-state index is -0.241. The first-order chi connectivity index (χ1) is 12.6. The van der Waals surface area contributed by atoms with Crippen molar-refractivity contribution >= 4 is 30.1 Å². The lowest BCUT2D eigenvalue weighted by molar-refractivity contribution is 0.0929. The highest BCUT2D eigenvalue weighted by molar-refractivity contribution is 7.99. The third-order valence-electron chi connectivity index (χ3n) is 5.13. The SMILES string of the molecule is Cc1c(C(=O)NC2CCSc3c(F)cccc32)nnn1C1CCNCC1.Cl. The molecule has 1 aromatic heterocycles. The highest BCUT2D eigenvalue weighted by Gasteiger charge is 2.28. The first kappa shape index (κ1) is 20.1. The fourth-order valence-corrected chi connectivity index (χ4v) is 4.85. The van der Waals surface area contributed by atoms with Gasteiger partial charge in [-0.1, -0.05) is 17.3 Å². The quantitative estimate of drug-likeness (QED) is 0.812. The summed E-state index contributed by atoms with van der Waals surface area (Å²) in [5.41, 5.74) is 2.00. The number of hydrogen-bond acceptors (Lipinski definition) is 5. The summed E-state index contributed by atoms with van der Waals surface area (Å²) in [5.74, 6) is 0.314. The van der Waals surface area contributed by atoms with Gasteiger partial charge < -0.3 is 10.6 Å². The Balaban J connectivity index is 0.00000210. The Morgan fingerprint density at radius 2 is 2.11 bits per heavy atom. The zero-order valence-corrected chi connectivity index (χ0v) is 16.7. The van der Waals surface area contributed by atoms with E-state index in [9.17, 15) is 9.18 Å². The molecule has 1 amide bonds. The van der Waals surface area contributed by atoms with Crippen LogP contribution in [-0.2, 0) is 0 Å². The Hall–Kier alpha value is -1.64. The third kappa shape index (κ3) is 3.97. The lowest BCUT2D eigenvalue weighted by atomic mass is 10.0. The minimum Gasteiger partial charge on any atom is -0.344 e. The molecule has 2 aromatic rings. The van der Waals surface area contributed by atoms with E-state index in [4.69, 9.17) is 0 Å². The lowest BCUT2D eigenvalue weighted by Crippen LogP contribution is -2.32. The van der Waals surface area contributed by atoms with E-state index < -0.39 is 0 Å². The summed E-state index contributed by atoms with van der Waals surface area (Å²) in [6.07, 6.45) is 2.74. The van der Waals surface area contributed by atoms with Crippen LogP contribution in [0.1, 0.15) is 53.1 Å². The van der Waals surface area contributed by atoms with E-state index in [2.05, 4.69) is 20.9 Å². The van der Waals surface area contributed by atoms with Gasteiger partial charge in [0.2, 0.25) is 0 Å². The van der Waals surface area contributed by atoms with Crippen LogP contribution in [0.3, 0.4) is 0 Å². The van der Waals surface area contributed by atoms with Gasteiger partial charge in [0.05, 0.1) is 17.8 Å². The molecule has 3 heterocycles. The summed E-state index contributed by atoms with van der Waals surface area (Å²) in [5, 5.41) is 14.7. The number of piperidine rings is 1. The molecule has 4 rings (SSSR count). The molecule has 0 radical (unpaired) electrons. The predicted molar refractivity (Wildman–Crippen MR) is 105 cm³/mol. The zero-order valence-electron chi connectivity index (χ0n) is 15.1. The van der Waals surface area contributed by atoms with Gasteiger partial charge in [0.15, 0.2) is 5.69 Å². The minimum absolute atomic E-state index is 0. The molecule has 1 saturated heterocycles. The first-order valence-corrected chi connectivity index (χ1v) is 9.98. The number of fused-ring (bicyclic) bond motifs is 1. The van der Waals surface area contributed by atoms with Crippen molar-refractivity contribution in [1.29, 1.82) is 0 Å². The van der Waals surface area contributed by atoms with Crippen molar-refractivity contribution in [3.8, 4) is 0 Å². The van der Waals surface area contributed by atoms with Crippen LogP contribution in [0.25, 0.3) is 0 Å². The van der Waals surface area contributed by atoms with Gasteiger partial charge in [-0.15, -0.1) is 29.3 Å². The number of nitrogens with one attached hydrogen (secondary N) is 2. The van der Waals surface area contributed by atoms with Crippen molar-refractivity contribution in [2.24, 2.45) is 0 Å². The predicted octanol–water partition coefficient (Wildman–Crippen LogP) is 3.04. The molecule has 0 saturated carbocycles. The maximum absolute atomic E-state index is 14.0. The number of nitrogens with zero attached hydrogens (tertiary/aromatic N) is 3. The maximum atomic E-state index is 14.0. The number of rotatable bonds is 3. The maximum Gasteiger partial charge on any atom is 0.274 e. The van der Waals surface area contributed by atoms with E-state index in [0.29, 0.717) is 10.6 Å². The number of amides is 1. The standard InChI is InChI=1S/C18H22FN5OS.ClH/c1-11-16(22-23-24(11)12-5-8-20-9-6-12)18(25)21-15-7-10-26-17-13(15)3-2-4-14(17)19;/h2-4,12,15,20H,5-10H2,1H3,(H,21,25);1H. The number of aromatic nitrogens is 3. The van der Waals surface area contributed by atoms with Gasteiger partial charge in [-0.2, -0.15) is 0 Å². The molecule has 0 bridgehead atoms. The summed E-state index contributed by atoms with van der Waals surface area (Å²) < 4.78 is 15.9. The fourth-order valence-electron chi connectivity index (χ4n) is 3.71. The largest absolute Gasteiger partial charge is 0.344 e. The molecule has 1 unspecified atom stereocenters. The Bertz CT molecular complexity index is 824. The van der Waals surface area contributed by atoms with E-state index in [1.165, 1.54) is 17.8 Å². The van der Waals surface area contributed by atoms with Crippen molar-refractivity contribution in [3.63, 3.8) is 0 Å². The Labute approximate surface area is 168 Å². The van der Waals surface area contributed by atoms with E-state index in [1.807, 2.05) is 17.7 Å². The van der Waals surface area contributed by atoms with Crippen LogP contribution in [0.5, 0.6) is 0 Å². The highest BCUT2D eigenvalue weighted by Crippen LogP contribution is 2.37. The first-order valence-electron chi connectivity index (χ1n) is 8.99. The molecule has 2 aliphatic rings. The van der Waals surface area contributed by atoms with E-state index in [0.717, 1.165) is 49.4 Å². The second-order valence-electron chi connectivity index (χ2n) is 6.77. The number of hydrogen-bond donors (Lipinski definition) is 2. The molecular weight excluding hydrogens is 389 g/mol. The monoisotopic (exact) mass is 411 g/mol. The van der Waals surface area contributed by atoms with Crippen LogP contribution >= 0.6 is 24.2 Å². The second-order valence-corrected chi connectivity index (χ2v) is 7.88. The van der Waals surface area contributed by atoms with Gasteiger partial charge in [-0.3, -0.25) is 4.79 Å². The number of carbonyl (C=O) groups is 1. The molecule has 27 heavy (non-hydrogen) atoms. The Kier molecular flexibility index (Phi) is 6.39. The average Bonchev–Trinajstić information content (AvgIpc) is 3.05. The number of benzene rings is 1. The molecule has 0 aliphatic carbocycles. The fraction of sp³-hybridized carbons (Fsp3) is 0.500. The molecule has 1 aromatic carbocycles. The van der Waals surface area contributed by atoms with Gasteiger partial charge in [0.1, 0.15) is 5.82 Å². The second kappa shape index (κ2) is 8.58. The van der Waals surface area contributed by atoms with Gasteiger partial charge in [-0.05, 0) is 50.9 Å². The summed E-state index contributed by atoms with van der Waals surface area (Å²) in [6, 6.07) is 5.13. The zero-order chi connectivity index (χ0) is 18.1. The van der Waals surface area contributed by atoms with E-state index >= 15 is 0 Å². The number of halogens is 2. The van der Waals surface area contributed by atoms with Crippen molar-refractivity contribution in [3.05, 3.63) is 41.0 Å². The molecule has 9 heteroatoms. The van der Waals surface area contributed by atoms with Crippen molar-refractivity contribution in [1.82, 2.24) is 25.6 Å². The summed E-state index contributed by atoms with van der Waals surface area (Å²) in [4.78, 5) is 13.4. The van der Waals surface area contributed by atoms with Crippen LogP contribution in [0.4, 0.5) is 4.39 Å². The molecular formula is C18H23ClFN5OS. The van der Waals surface area contributed by atoms with Crippen molar-refractivity contribution in [2.75, 3.05) is 18.8 Å². The Morgan fingerprint density at radius 3 is 2.89 bits per heavy atom. The van der Waals surface area contributed by atoms with Crippen molar-refractivity contribution < 1.29 is 9.18 Å². The molecule has 2 aliphatic heterocycles. The normalized spacial score (nSPS) is 19.9. The van der Waals surface area contributed by atoms with Crippen LogP contribution in [0.2, 0.25) is 0 Å². The molecule has 1 fully saturated rings. The summed E-state index contributed by atoms with van der Waals surface area (Å²) in [6.45, 7) is 3.79. The van der Waals surface area contributed by atoms with Gasteiger partial charge >= 0.3 is 0 Å². The van der Waals surface area contributed by atoms with Crippen LogP contribution in [0.15, 0.2) is 23.1 Å². The number of thioether (sulfide) groups is 1. The molecule has 0 spiro atoms. The topological polar surface area (TPSA) is 71.8 Å². The summed E-state index contributed by atoms with van der Waals surface area (Å²) >= 11 is 1.50. The molecule has 6 nitrogen and oxygen atoms in total. The summed E-state index contributed by atoms with van der Waals surface area (Å²) in [7, 11) is 0. The van der Waals surface area contributed by atoms with Gasteiger partial charge in [0, 0.05) is 10.6 Å².